The van der Waals surface area contributed by atoms with Crippen molar-refractivity contribution in [2.24, 2.45) is 0 Å². The third-order valence-electron chi connectivity index (χ3n) is 2.98. The first kappa shape index (κ1) is 14.4. The van der Waals surface area contributed by atoms with Crippen LogP contribution in [0.2, 0.25) is 0 Å². The van der Waals surface area contributed by atoms with E-state index in [2.05, 4.69) is 34.8 Å². The largest absolute Gasteiger partial charge is 0.378 e. The lowest BCUT2D eigenvalue weighted by Gasteiger charge is -2.22. The Labute approximate surface area is 117 Å². The second kappa shape index (κ2) is 6.98. The van der Waals surface area contributed by atoms with Gasteiger partial charge in [0.15, 0.2) is 0 Å². The molecule has 1 saturated heterocycles. The summed E-state index contributed by atoms with van der Waals surface area (Å²) in [5, 5.41) is 9.29. The van der Waals surface area contributed by atoms with Crippen LogP contribution < -0.4 is 10.6 Å². The molecular formula is C13H21N3O2S. The molecule has 2 heterocycles. The van der Waals surface area contributed by atoms with Gasteiger partial charge in [0.2, 0.25) is 5.91 Å². The third kappa shape index (κ3) is 4.26. The first-order valence-corrected chi connectivity index (χ1v) is 7.58. The van der Waals surface area contributed by atoms with Gasteiger partial charge in [-0.15, -0.1) is 11.3 Å². The lowest BCUT2D eigenvalue weighted by molar-refractivity contribution is -0.125. The number of carbonyl (C=O) groups is 1. The van der Waals surface area contributed by atoms with Crippen LogP contribution in [-0.2, 0) is 16.0 Å². The Kier molecular flexibility index (Phi) is 5.30. The van der Waals surface area contributed by atoms with Gasteiger partial charge in [-0.05, 0) is 0 Å². The highest BCUT2D eigenvalue weighted by Gasteiger charge is 2.20. The Morgan fingerprint density at radius 3 is 3.16 bits per heavy atom. The number of hydrogen-bond acceptors (Lipinski definition) is 5. The second-order valence-electron chi connectivity index (χ2n) is 4.95. The van der Waals surface area contributed by atoms with E-state index in [4.69, 9.17) is 4.74 Å². The zero-order valence-electron chi connectivity index (χ0n) is 11.4. The Bertz CT molecular complexity index is 414. The van der Waals surface area contributed by atoms with E-state index in [0.717, 1.165) is 23.7 Å². The van der Waals surface area contributed by atoms with E-state index in [0.29, 0.717) is 25.7 Å². The number of morpholine rings is 1. The average Bonchev–Trinajstić information content (AvgIpc) is 2.89. The van der Waals surface area contributed by atoms with Crippen LogP contribution in [0.1, 0.15) is 30.5 Å². The zero-order valence-corrected chi connectivity index (χ0v) is 12.3. The average molecular weight is 283 g/mol. The topological polar surface area (TPSA) is 63.2 Å². The molecule has 19 heavy (non-hydrogen) atoms. The highest BCUT2D eigenvalue weighted by molar-refractivity contribution is 7.09. The highest BCUT2D eigenvalue weighted by atomic mass is 32.1. The highest BCUT2D eigenvalue weighted by Crippen LogP contribution is 2.19. The quantitative estimate of drug-likeness (QED) is 0.843. The molecule has 106 valence electrons. The van der Waals surface area contributed by atoms with Crippen molar-refractivity contribution in [3.8, 4) is 0 Å². The van der Waals surface area contributed by atoms with E-state index < -0.39 is 0 Å². The molecule has 2 N–H and O–H groups in total. The number of nitrogens with one attached hydrogen (secondary N) is 2. The number of aromatic nitrogens is 1. The molecule has 0 spiro atoms. The van der Waals surface area contributed by atoms with Gasteiger partial charge < -0.3 is 15.4 Å². The van der Waals surface area contributed by atoms with Crippen molar-refractivity contribution >= 4 is 17.2 Å². The molecule has 1 aliphatic heterocycles. The van der Waals surface area contributed by atoms with E-state index in [1.807, 2.05) is 0 Å². The Morgan fingerprint density at radius 1 is 1.68 bits per heavy atom. The van der Waals surface area contributed by atoms with Gasteiger partial charge in [0.05, 0.1) is 23.9 Å². The number of nitrogens with zero attached hydrogens (tertiary/aromatic N) is 1. The smallest absolute Gasteiger partial charge is 0.239 e. The summed E-state index contributed by atoms with van der Waals surface area (Å²) in [6, 6.07) is -0.213. The van der Waals surface area contributed by atoms with Crippen molar-refractivity contribution in [2.75, 3.05) is 26.3 Å². The summed E-state index contributed by atoms with van der Waals surface area (Å²) in [6.07, 6.45) is 0.780. The van der Waals surface area contributed by atoms with Gasteiger partial charge in [-0.2, -0.15) is 0 Å². The maximum absolute atomic E-state index is 11.8. The fraction of sp³-hybridized carbons (Fsp3) is 0.692. The minimum Gasteiger partial charge on any atom is -0.378 e. The molecule has 2 rings (SSSR count). The molecular weight excluding hydrogens is 262 g/mol. The van der Waals surface area contributed by atoms with Crippen LogP contribution >= 0.6 is 11.3 Å². The number of carbonyl (C=O) groups excluding carboxylic acids is 1. The van der Waals surface area contributed by atoms with Crippen molar-refractivity contribution in [3.05, 3.63) is 16.1 Å². The minimum absolute atomic E-state index is 0.0130. The van der Waals surface area contributed by atoms with Crippen molar-refractivity contribution < 1.29 is 9.53 Å². The molecule has 0 radical (unpaired) electrons. The van der Waals surface area contributed by atoms with Gasteiger partial charge in [-0.25, -0.2) is 4.98 Å². The molecule has 1 aliphatic rings. The van der Waals surface area contributed by atoms with Crippen LogP contribution in [0.15, 0.2) is 5.38 Å². The molecule has 1 amide bonds. The summed E-state index contributed by atoms with van der Waals surface area (Å²) in [4.78, 5) is 16.4. The summed E-state index contributed by atoms with van der Waals surface area (Å²) in [5.74, 6) is 0.482. The van der Waals surface area contributed by atoms with Crippen LogP contribution in [0.25, 0.3) is 0 Å². The SMILES string of the molecule is CC(C)c1nc(CCNC(=O)C2COCCN2)cs1. The van der Waals surface area contributed by atoms with E-state index in [-0.39, 0.29) is 11.9 Å². The van der Waals surface area contributed by atoms with Gasteiger partial charge in [0, 0.05) is 30.8 Å². The summed E-state index contributed by atoms with van der Waals surface area (Å²) in [5.41, 5.74) is 1.06. The van der Waals surface area contributed by atoms with Gasteiger partial charge in [0.25, 0.3) is 0 Å². The molecule has 6 heteroatoms. The van der Waals surface area contributed by atoms with Crippen LogP contribution in [-0.4, -0.2) is 43.2 Å². The Balaban J connectivity index is 1.71. The second-order valence-corrected chi connectivity index (χ2v) is 5.84. The Hall–Kier alpha value is -0.980. The first-order chi connectivity index (χ1) is 9.16. The standard InChI is InChI=1S/C13H21N3O2S/c1-9(2)13-16-10(8-19-13)3-4-15-12(17)11-7-18-6-5-14-11/h8-9,11,14H,3-7H2,1-2H3,(H,15,17). The summed E-state index contributed by atoms with van der Waals surface area (Å²) in [7, 11) is 0. The number of hydrogen-bond donors (Lipinski definition) is 2. The lowest BCUT2D eigenvalue weighted by atomic mass is 10.2. The molecule has 0 aliphatic carbocycles. The third-order valence-corrected chi connectivity index (χ3v) is 4.18. The predicted molar refractivity (Wildman–Crippen MR) is 75.5 cm³/mol. The van der Waals surface area contributed by atoms with Gasteiger partial charge in [-0.1, -0.05) is 13.8 Å². The zero-order chi connectivity index (χ0) is 13.7. The van der Waals surface area contributed by atoms with E-state index in [9.17, 15) is 4.79 Å². The maximum atomic E-state index is 11.8. The van der Waals surface area contributed by atoms with Gasteiger partial charge >= 0.3 is 0 Å². The predicted octanol–water partition coefficient (Wildman–Crippen LogP) is 0.914. The van der Waals surface area contributed by atoms with Crippen molar-refractivity contribution in [3.63, 3.8) is 0 Å². The van der Waals surface area contributed by atoms with E-state index in [1.54, 1.807) is 11.3 Å². The maximum Gasteiger partial charge on any atom is 0.239 e. The Morgan fingerprint density at radius 2 is 2.53 bits per heavy atom. The van der Waals surface area contributed by atoms with E-state index >= 15 is 0 Å². The van der Waals surface area contributed by atoms with Crippen LogP contribution in [0.3, 0.4) is 0 Å². The normalized spacial score (nSPS) is 19.6. The lowest BCUT2D eigenvalue weighted by Crippen LogP contribution is -2.51. The van der Waals surface area contributed by atoms with E-state index in [1.165, 1.54) is 0 Å². The number of ether oxygens (including phenoxy) is 1. The molecule has 0 bridgehead atoms. The number of amides is 1. The number of rotatable bonds is 5. The van der Waals surface area contributed by atoms with Crippen molar-refractivity contribution in [1.29, 1.82) is 0 Å². The summed E-state index contributed by atoms with van der Waals surface area (Å²) < 4.78 is 5.26. The monoisotopic (exact) mass is 283 g/mol. The molecule has 1 aromatic heterocycles. The minimum atomic E-state index is -0.213. The molecule has 1 fully saturated rings. The van der Waals surface area contributed by atoms with Crippen LogP contribution in [0.4, 0.5) is 0 Å². The van der Waals surface area contributed by atoms with Crippen molar-refractivity contribution in [2.45, 2.75) is 32.2 Å². The molecule has 5 nitrogen and oxygen atoms in total. The van der Waals surface area contributed by atoms with Crippen molar-refractivity contribution in [1.82, 2.24) is 15.6 Å². The van der Waals surface area contributed by atoms with Gasteiger partial charge in [-0.3, -0.25) is 4.79 Å². The molecule has 1 aromatic rings. The van der Waals surface area contributed by atoms with Gasteiger partial charge in [0.1, 0.15) is 6.04 Å². The van der Waals surface area contributed by atoms with Crippen LogP contribution in [0, 0.1) is 0 Å². The fourth-order valence-corrected chi connectivity index (χ4v) is 2.74. The molecule has 0 saturated carbocycles. The number of thiazole rings is 1. The fourth-order valence-electron chi connectivity index (χ4n) is 1.87. The summed E-state index contributed by atoms with van der Waals surface area (Å²) in [6.45, 7) is 6.78. The molecule has 1 unspecified atom stereocenters. The molecule has 1 atom stereocenters. The first-order valence-electron chi connectivity index (χ1n) is 6.70. The van der Waals surface area contributed by atoms with Crippen LogP contribution in [0.5, 0.6) is 0 Å². The molecule has 0 aromatic carbocycles. The summed E-state index contributed by atoms with van der Waals surface area (Å²) >= 11 is 1.69.